The Kier molecular flexibility index (Phi) is 3.90. The largest absolute Gasteiger partial charge is 0.446 e. The van der Waals surface area contributed by atoms with Crippen LogP contribution in [0.25, 0.3) is 0 Å². The van der Waals surface area contributed by atoms with Crippen molar-refractivity contribution in [2.45, 2.75) is 16.2 Å². The fourth-order valence-corrected chi connectivity index (χ4v) is 2.54. The van der Waals surface area contributed by atoms with Crippen molar-refractivity contribution < 1.29 is 21.6 Å². The number of rotatable bonds is 3. The normalized spacial score (nSPS) is 12.8. The summed E-state index contributed by atoms with van der Waals surface area (Å²) in [4.78, 5) is -0.00588. The molecule has 0 saturated carbocycles. The third kappa shape index (κ3) is 5.41. The molecule has 1 aromatic rings. The summed E-state index contributed by atoms with van der Waals surface area (Å²) < 4.78 is 58.1. The molecule has 0 saturated heterocycles. The summed E-state index contributed by atoms with van der Waals surface area (Å²) in [5, 5.41) is 0. The van der Waals surface area contributed by atoms with E-state index in [0.29, 0.717) is 5.56 Å². The van der Waals surface area contributed by atoms with Crippen molar-refractivity contribution in [1.29, 1.82) is 0 Å². The van der Waals surface area contributed by atoms with Gasteiger partial charge in [-0.05, 0) is 29.5 Å². The summed E-state index contributed by atoms with van der Waals surface area (Å²) in [6, 6.07) is 5.43. The molecule has 0 atom stereocenters. The van der Waals surface area contributed by atoms with Gasteiger partial charge < -0.3 is 0 Å². The molecule has 1 rings (SSSR count). The molecule has 90 valence electrons. The Morgan fingerprint density at radius 1 is 1.31 bits per heavy atom. The molecule has 1 aromatic carbocycles. The minimum Gasteiger partial charge on any atom is -0.229 e. The minimum atomic E-state index is -4.36. The number of alkyl halides is 3. The van der Waals surface area contributed by atoms with Gasteiger partial charge >= 0.3 is 5.51 Å². The third-order valence-electron chi connectivity index (χ3n) is 1.56. The Morgan fingerprint density at radius 3 is 2.44 bits per heavy atom. The van der Waals surface area contributed by atoms with Gasteiger partial charge in [-0.1, -0.05) is 12.1 Å². The molecule has 16 heavy (non-hydrogen) atoms. The van der Waals surface area contributed by atoms with Gasteiger partial charge in [-0.15, -0.1) is 0 Å². The van der Waals surface area contributed by atoms with E-state index in [9.17, 15) is 21.6 Å². The molecule has 0 N–H and O–H groups in total. The van der Waals surface area contributed by atoms with Crippen LogP contribution in [-0.4, -0.2) is 20.2 Å². The molecular weight excluding hydrogens is 261 g/mol. The number of hydrogen-bond acceptors (Lipinski definition) is 3. The Balaban J connectivity index is 2.88. The molecule has 0 aliphatic heterocycles. The lowest BCUT2D eigenvalue weighted by Crippen LogP contribution is -2.02. The van der Waals surface area contributed by atoms with Crippen molar-refractivity contribution in [2.24, 2.45) is 0 Å². The van der Waals surface area contributed by atoms with Gasteiger partial charge in [-0.3, -0.25) is 0 Å². The molecule has 0 fully saturated rings. The summed E-state index contributed by atoms with van der Waals surface area (Å²) in [5.41, 5.74) is -4.00. The number of hydrogen-bond donors (Lipinski definition) is 0. The van der Waals surface area contributed by atoms with E-state index >= 15 is 0 Å². The van der Waals surface area contributed by atoms with E-state index in [4.69, 9.17) is 0 Å². The average molecular weight is 270 g/mol. The molecule has 0 aromatic heterocycles. The van der Waals surface area contributed by atoms with Crippen molar-refractivity contribution in [3.05, 3.63) is 29.8 Å². The van der Waals surface area contributed by atoms with Gasteiger partial charge in [0.15, 0.2) is 9.84 Å². The van der Waals surface area contributed by atoms with Gasteiger partial charge in [-0.2, -0.15) is 13.2 Å². The first-order valence-corrected chi connectivity index (χ1v) is 7.06. The Bertz CT molecular complexity index is 466. The first-order chi connectivity index (χ1) is 7.16. The van der Waals surface area contributed by atoms with Crippen molar-refractivity contribution in [2.75, 3.05) is 6.26 Å². The molecule has 0 spiro atoms. The zero-order valence-electron chi connectivity index (χ0n) is 8.28. The fourth-order valence-electron chi connectivity index (χ4n) is 1.14. The van der Waals surface area contributed by atoms with Crippen LogP contribution >= 0.6 is 11.8 Å². The molecule has 0 amide bonds. The summed E-state index contributed by atoms with van der Waals surface area (Å²) >= 11 is -0.254. The van der Waals surface area contributed by atoms with Gasteiger partial charge in [0.05, 0.1) is 5.75 Å². The van der Waals surface area contributed by atoms with Gasteiger partial charge in [0, 0.05) is 11.2 Å². The highest BCUT2D eigenvalue weighted by atomic mass is 32.2. The predicted molar refractivity (Wildman–Crippen MR) is 56.9 cm³/mol. The van der Waals surface area contributed by atoms with Crippen LogP contribution in [0.3, 0.4) is 0 Å². The number of benzene rings is 1. The van der Waals surface area contributed by atoms with Crippen molar-refractivity contribution in [3.8, 4) is 0 Å². The molecule has 2 nitrogen and oxygen atoms in total. The lowest BCUT2D eigenvalue weighted by atomic mass is 10.2. The second kappa shape index (κ2) is 4.67. The van der Waals surface area contributed by atoms with Crippen LogP contribution in [0.4, 0.5) is 13.2 Å². The molecule has 0 bridgehead atoms. The van der Waals surface area contributed by atoms with Crippen LogP contribution in [0, 0.1) is 0 Å². The molecule has 0 heterocycles. The number of sulfone groups is 1. The standard InChI is InChI=1S/C9H9F3O2S2/c1-16(13,14)6-7-3-2-4-8(5-7)15-9(10,11)12/h2-5H,6H2,1H3. The van der Waals surface area contributed by atoms with E-state index in [-0.39, 0.29) is 22.4 Å². The highest BCUT2D eigenvalue weighted by molar-refractivity contribution is 8.00. The van der Waals surface area contributed by atoms with Crippen LogP contribution in [0.1, 0.15) is 5.56 Å². The van der Waals surface area contributed by atoms with E-state index in [0.717, 1.165) is 6.26 Å². The third-order valence-corrected chi connectivity index (χ3v) is 3.14. The number of thioether (sulfide) groups is 1. The minimum absolute atomic E-state index is 0.00588. The van der Waals surface area contributed by atoms with E-state index < -0.39 is 15.3 Å². The van der Waals surface area contributed by atoms with Crippen LogP contribution in [-0.2, 0) is 15.6 Å². The zero-order chi connectivity index (χ0) is 12.4. The van der Waals surface area contributed by atoms with Gasteiger partial charge in [0.1, 0.15) is 0 Å². The Hall–Kier alpha value is -0.690. The maximum absolute atomic E-state index is 12.1. The lowest BCUT2D eigenvalue weighted by molar-refractivity contribution is -0.0328. The number of halogens is 3. The summed E-state index contributed by atoms with van der Waals surface area (Å²) in [5.74, 6) is -0.251. The average Bonchev–Trinajstić information content (AvgIpc) is 1.96. The predicted octanol–water partition coefficient (Wildman–Crippen LogP) is 2.84. The van der Waals surface area contributed by atoms with E-state index in [1.165, 1.54) is 24.3 Å². The second-order valence-corrected chi connectivity index (χ2v) is 6.54. The quantitative estimate of drug-likeness (QED) is 0.792. The van der Waals surface area contributed by atoms with Crippen molar-refractivity contribution in [1.82, 2.24) is 0 Å². The molecule has 0 aliphatic carbocycles. The van der Waals surface area contributed by atoms with Gasteiger partial charge in [0.25, 0.3) is 0 Å². The second-order valence-electron chi connectivity index (χ2n) is 3.27. The monoisotopic (exact) mass is 270 g/mol. The summed E-state index contributed by atoms with van der Waals surface area (Å²) in [7, 11) is -3.23. The van der Waals surface area contributed by atoms with E-state index in [2.05, 4.69) is 0 Å². The summed E-state index contributed by atoms with van der Waals surface area (Å²) in [6.45, 7) is 0. The lowest BCUT2D eigenvalue weighted by Gasteiger charge is -2.06. The van der Waals surface area contributed by atoms with E-state index in [1.54, 1.807) is 0 Å². The molecular formula is C9H9F3O2S2. The van der Waals surface area contributed by atoms with Crippen LogP contribution < -0.4 is 0 Å². The highest BCUT2D eigenvalue weighted by Crippen LogP contribution is 2.37. The van der Waals surface area contributed by atoms with Crippen molar-refractivity contribution in [3.63, 3.8) is 0 Å². The fraction of sp³-hybridized carbons (Fsp3) is 0.333. The topological polar surface area (TPSA) is 34.1 Å². The molecule has 7 heteroatoms. The van der Waals surface area contributed by atoms with Crippen molar-refractivity contribution >= 4 is 21.6 Å². The first-order valence-electron chi connectivity index (χ1n) is 4.18. The first kappa shape index (κ1) is 13.4. The van der Waals surface area contributed by atoms with Gasteiger partial charge in [-0.25, -0.2) is 8.42 Å². The van der Waals surface area contributed by atoms with Crippen LogP contribution in [0.5, 0.6) is 0 Å². The SMILES string of the molecule is CS(=O)(=O)Cc1cccc(SC(F)(F)F)c1. The zero-order valence-corrected chi connectivity index (χ0v) is 9.92. The smallest absolute Gasteiger partial charge is 0.229 e. The Morgan fingerprint density at radius 2 is 1.94 bits per heavy atom. The molecule has 0 radical (unpaired) electrons. The van der Waals surface area contributed by atoms with Gasteiger partial charge in [0.2, 0.25) is 0 Å². The maximum Gasteiger partial charge on any atom is 0.446 e. The van der Waals surface area contributed by atoms with E-state index in [1.807, 2.05) is 0 Å². The molecule has 0 unspecified atom stereocenters. The molecule has 0 aliphatic rings. The van der Waals surface area contributed by atoms with Crippen LogP contribution in [0.2, 0.25) is 0 Å². The van der Waals surface area contributed by atoms with Crippen LogP contribution in [0.15, 0.2) is 29.2 Å². The maximum atomic E-state index is 12.1. The highest BCUT2D eigenvalue weighted by Gasteiger charge is 2.29. The Labute approximate surface area is 95.8 Å². The summed E-state index contributed by atoms with van der Waals surface area (Å²) in [6.07, 6.45) is 1.04.